The fourth-order valence-corrected chi connectivity index (χ4v) is 2.71. The van der Waals surface area contributed by atoms with Crippen LogP contribution < -0.4 is 5.73 Å². The van der Waals surface area contributed by atoms with Crippen LogP contribution in [0.25, 0.3) is 11.5 Å². The first kappa shape index (κ1) is 15.6. The molecule has 5 nitrogen and oxygen atoms in total. The van der Waals surface area contributed by atoms with Gasteiger partial charge in [-0.25, -0.2) is 9.98 Å². The fraction of sp³-hybridized carbons (Fsp3) is 0.444. The number of nitrogens with two attached hydrogens (primary N) is 1. The molecule has 0 unspecified atom stereocenters. The van der Waals surface area contributed by atoms with Gasteiger partial charge in [-0.05, 0) is 37.8 Å². The van der Waals surface area contributed by atoms with Crippen molar-refractivity contribution in [3.05, 3.63) is 41.8 Å². The minimum Gasteiger partial charge on any atom is -0.444 e. The average Bonchev–Trinajstić information content (AvgIpc) is 3.03. The Balaban J connectivity index is 1.62. The number of aromatic nitrogens is 1. The number of hydrogen-bond donors (Lipinski definition) is 1. The monoisotopic (exact) mass is 312 g/mol. The molecule has 1 aromatic heterocycles. The summed E-state index contributed by atoms with van der Waals surface area (Å²) in [4.78, 5) is 11.1. The van der Waals surface area contributed by atoms with Crippen LogP contribution in [0.2, 0.25) is 0 Å². The lowest BCUT2D eigenvalue weighted by molar-refractivity contribution is 0.277. The second-order valence-corrected chi connectivity index (χ2v) is 6.35. The number of nitrogens with zero attached hydrogens (tertiary/aromatic N) is 3. The lowest BCUT2D eigenvalue weighted by Crippen LogP contribution is -2.42. The Morgan fingerprint density at radius 3 is 2.70 bits per heavy atom. The molecule has 2 aromatic rings. The molecule has 2 N–H and O–H groups in total. The second-order valence-electron chi connectivity index (χ2n) is 6.35. The van der Waals surface area contributed by atoms with E-state index >= 15 is 0 Å². The number of piperidine rings is 1. The molecule has 0 atom stereocenters. The number of rotatable bonds is 3. The van der Waals surface area contributed by atoms with E-state index in [4.69, 9.17) is 10.2 Å². The molecule has 0 bridgehead atoms. The maximum Gasteiger partial charge on any atom is 0.226 e. The van der Waals surface area contributed by atoms with E-state index in [1.807, 2.05) is 24.3 Å². The maximum absolute atomic E-state index is 6.09. The smallest absolute Gasteiger partial charge is 0.226 e. The van der Waals surface area contributed by atoms with E-state index in [2.05, 4.69) is 28.7 Å². The van der Waals surface area contributed by atoms with E-state index in [9.17, 15) is 0 Å². The molecule has 1 saturated heterocycles. The van der Waals surface area contributed by atoms with Gasteiger partial charge in [0, 0.05) is 18.7 Å². The van der Waals surface area contributed by atoms with Crippen LogP contribution in [0.3, 0.4) is 0 Å². The zero-order chi connectivity index (χ0) is 16.2. The first-order chi connectivity index (χ1) is 11.1. The van der Waals surface area contributed by atoms with E-state index < -0.39 is 0 Å². The number of aliphatic imine (C=N–C) groups is 1. The SMILES string of the molecule is Cc1ccc(-c2nc(CN=C(N)N3CCC(C)CC3)co2)cc1. The minimum absolute atomic E-state index is 0.452. The van der Waals surface area contributed by atoms with E-state index in [1.54, 1.807) is 6.26 Å². The summed E-state index contributed by atoms with van der Waals surface area (Å²) in [5, 5.41) is 0. The molecule has 1 aromatic carbocycles. The molecule has 0 amide bonds. The molecule has 0 aliphatic carbocycles. The Kier molecular flexibility index (Phi) is 4.65. The normalized spacial score (nSPS) is 16.8. The molecule has 1 aliphatic heterocycles. The molecule has 5 heteroatoms. The van der Waals surface area contributed by atoms with Crippen LogP contribution in [0.4, 0.5) is 0 Å². The maximum atomic E-state index is 6.09. The number of benzene rings is 1. The Morgan fingerprint density at radius 1 is 1.30 bits per heavy atom. The van der Waals surface area contributed by atoms with Crippen molar-refractivity contribution in [3.8, 4) is 11.5 Å². The highest BCUT2D eigenvalue weighted by molar-refractivity contribution is 5.78. The Morgan fingerprint density at radius 2 is 2.00 bits per heavy atom. The number of guanidine groups is 1. The molecular formula is C18H24N4O. The van der Waals surface area contributed by atoms with Crippen molar-refractivity contribution in [1.82, 2.24) is 9.88 Å². The van der Waals surface area contributed by atoms with Gasteiger partial charge in [0.05, 0.1) is 6.54 Å². The van der Waals surface area contributed by atoms with Crippen LogP contribution in [-0.2, 0) is 6.54 Å². The summed E-state index contributed by atoms with van der Waals surface area (Å²) < 4.78 is 5.55. The average molecular weight is 312 g/mol. The number of hydrogen-bond acceptors (Lipinski definition) is 3. The molecule has 0 spiro atoms. The first-order valence-electron chi connectivity index (χ1n) is 8.18. The summed E-state index contributed by atoms with van der Waals surface area (Å²) in [6.07, 6.45) is 4.01. The van der Waals surface area contributed by atoms with Crippen molar-refractivity contribution < 1.29 is 4.42 Å². The van der Waals surface area contributed by atoms with Crippen LogP contribution in [0.5, 0.6) is 0 Å². The van der Waals surface area contributed by atoms with Crippen LogP contribution in [-0.4, -0.2) is 28.9 Å². The fourth-order valence-electron chi connectivity index (χ4n) is 2.71. The van der Waals surface area contributed by atoms with Crippen molar-refractivity contribution in [1.29, 1.82) is 0 Å². The molecule has 3 rings (SSSR count). The lowest BCUT2D eigenvalue weighted by atomic mass is 10.00. The van der Waals surface area contributed by atoms with Crippen molar-refractivity contribution in [3.63, 3.8) is 0 Å². The summed E-state index contributed by atoms with van der Waals surface area (Å²) in [5.74, 6) is 2.02. The zero-order valence-electron chi connectivity index (χ0n) is 13.8. The highest BCUT2D eigenvalue weighted by Gasteiger charge is 2.17. The minimum atomic E-state index is 0.452. The predicted molar refractivity (Wildman–Crippen MR) is 92.0 cm³/mol. The van der Waals surface area contributed by atoms with Crippen LogP contribution in [0.1, 0.15) is 31.0 Å². The van der Waals surface area contributed by atoms with Crippen LogP contribution in [0, 0.1) is 12.8 Å². The van der Waals surface area contributed by atoms with Gasteiger partial charge in [-0.15, -0.1) is 0 Å². The molecule has 0 saturated carbocycles. The first-order valence-corrected chi connectivity index (χ1v) is 8.18. The summed E-state index contributed by atoms with van der Waals surface area (Å²) in [6, 6.07) is 8.12. The Bertz CT molecular complexity index is 667. The van der Waals surface area contributed by atoms with E-state index in [0.717, 1.165) is 30.3 Å². The molecule has 23 heavy (non-hydrogen) atoms. The van der Waals surface area contributed by atoms with Crippen LogP contribution >= 0.6 is 0 Å². The molecule has 2 heterocycles. The van der Waals surface area contributed by atoms with Gasteiger partial charge in [0.1, 0.15) is 12.0 Å². The highest BCUT2D eigenvalue weighted by atomic mass is 16.3. The van der Waals surface area contributed by atoms with Gasteiger partial charge in [0.2, 0.25) is 5.89 Å². The largest absolute Gasteiger partial charge is 0.444 e. The van der Waals surface area contributed by atoms with E-state index in [0.29, 0.717) is 18.4 Å². The Labute approximate surface area is 137 Å². The molecule has 1 fully saturated rings. The van der Waals surface area contributed by atoms with Gasteiger partial charge in [-0.1, -0.05) is 24.6 Å². The zero-order valence-corrected chi connectivity index (χ0v) is 13.8. The molecule has 122 valence electrons. The van der Waals surface area contributed by atoms with E-state index in [1.165, 1.54) is 18.4 Å². The van der Waals surface area contributed by atoms with E-state index in [-0.39, 0.29) is 0 Å². The van der Waals surface area contributed by atoms with Gasteiger partial charge in [-0.2, -0.15) is 0 Å². The quantitative estimate of drug-likeness (QED) is 0.698. The van der Waals surface area contributed by atoms with Gasteiger partial charge < -0.3 is 15.1 Å². The number of oxazole rings is 1. The topological polar surface area (TPSA) is 67.7 Å². The predicted octanol–water partition coefficient (Wildman–Crippen LogP) is 3.20. The second kappa shape index (κ2) is 6.86. The number of aryl methyl sites for hydroxylation is 1. The summed E-state index contributed by atoms with van der Waals surface area (Å²) >= 11 is 0. The molecule has 1 aliphatic rings. The standard InChI is InChI=1S/C18H24N4O/c1-13-3-5-15(6-4-13)17-21-16(12-23-17)11-20-18(19)22-9-7-14(2)8-10-22/h3-6,12,14H,7-11H2,1-2H3,(H2,19,20). The highest BCUT2D eigenvalue weighted by Crippen LogP contribution is 2.19. The summed E-state index contributed by atoms with van der Waals surface area (Å²) in [7, 11) is 0. The van der Waals surface area contributed by atoms with Gasteiger partial charge in [0.25, 0.3) is 0 Å². The van der Waals surface area contributed by atoms with Crippen LogP contribution in [0.15, 0.2) is 39.9 Å². The van der Waals surface area contributed by atoms with Gasteiger partial charge in [-0.3, -0.25) is 0 Å². The van der Waals surface area contributed by atoms with Gasteiger partial charge >= 0.3 is 0 Å². The third-order valence-electron chi connectivity index (χ3n) is 4.36. The van der Waals surface area contributed by atoms with Crippen molar-refractivity contribution in [2.24, 2.45) is 16.6 Å². The third kappa shape index (κ3) is 3.92. The number of likely N-dealkylation sites (tertiary alicyclic amines) is 1. The van der Waals surface area contributed by atoms with Crippen molar-refractivity contribution in [2.45, 2.75) is 33.2 Å². The van der Waals surface area contributed by atoms with Crippen molar-refractivity contribution >= 4 is 5.96 Å². The molecule has 0 radical (unpaired) electrons. The summed E-state index contributed by atoms with van der Waals surface area (Å²) in [6.45, 7) is 6.78. The lowest BCUT2D eigenvalue weighted by Gasteiger charge is -2.30. The third-order valence-corrected chi connectivity index (χ3v) is 4.36. The van der Waals surface area contributed by atoms with Gasteiger partial charge in [0.15, 0.2) is 5.96 Å². The van der Waals surface area contributed by atoms with Crippen molar-refractivity contribution in [2.75, 3.05) is 13.1 Å². The Hall–Kier alpha value is -2.30. The summed E-state index contributed by atoms with van der Waals surface area (Å²) in [5.41, 5.74) is 9.09. The molecular weight excluding hydrogens is 288 g/mol.